The summed E-state index contributed by atoms with van der Waals surface area (Å²) in [5, 5.41) is 5.13. The third kappa shape index (κ3) is 4.33. The molecule has 49 heavy (non-hydrogen) atoms. The summed E-state index contributed by atoms with van der Waals surface area (Å²) in [4.78, 5) is 12.0. The number of fused-ring (bicyclic) bond motifs is 12. The molecule has 238 valence electrons. The van der Waals surface area contributed by atoms with E-state index in [9.17, 15) is 0 Å². The SMILES string of the molecule is CC1(C)c2ccccc2Sc2ccc3c(c21)c1cccnc1n3-c1[c-]c(C(F)c2[c-]c3c(cc2)c2ccccc2n2ccnc32)ccc1.[Pd+2]. The average molecular weight is 745 g/mol. The van der Waals surface area contributed by atoms with E-state index >= 15 is 4.39 Å². The molecule has 0 saturated carbocycles. The van der Waals surface area contributed by atoms with E-state index in [2.05, 4.69) is 90.1 Å². The van der Waals surface area contributed by atoms with E-state index in [4.69, 9.17) is 4.98 Å². The molecular formula is C42H27FN4PdS. The minimum Gasteiger partial charge on any atom is -0.340 e. The predicted molar refractivity (Wildman–Crippen MR) is 192 cm³/mol. The maximum atomic E-state index is 16.6. The van der Waals surface area contributed by atoms with Gasteiger partial charge in [0.05, 0.1) is 11.2 Å². The van der Waals surface area contributed by atoms with Crippen LogP contribution in [0.4, 0.5) is 4.39 Å². The van der Waals surface area contributed by atoms with Crippen molar-refractivity contribution < 1.29 is 24.8 Å². The number of hydrogen-bond donors (Lipinski definition) is 0. The fraction of sp³-hybridized carbons (Fsp3) is 0.0952. The Balaban J connectivity index is 0.00000325. The van der Waals surface area contributed by atoms with Gasteiger partial charge >= 0.3 is 20.4 Å². The molecule has 4 aromatic heterocycles. The molecule has 0 spiro atoms. The smallest absolute Gasteiger partial charge is 0.340 e. The molecule has 0 N–H and O–H groups in total. The number of rotatable bonds is 3. The van der Waals surface area contributed by atoms with E-state index in [0.717, 1.165) is 49.6 Å². The van der Waals surface area contributed by atoms with E-state index in [1.165, 1.54) is 26.3 Å². The number of para-hydroxylation sites is 1. The molecule has 0 fully saturated rings. The first-order chi connectivity index (χ1) is 23.5. The average Bonchev–Trinajstić information content (AvgIpc) is 3.75. The number of alkyl halides is 1. The molecule has 0 bridgehead atoms. The number of aromatic nitrogens is 4. The van der Waals surface area contributed by atoms with Crippen LogP contribution in [0, 0.1) is 12.1 Å². The van der Waals surface area contributed by atoms with Crippen molar-refractivity contribution in [1.29, 1.82) is 0 Å². The van der Waals surface area contributed by atoms with Crippen LogP contribution in [0.1, 0.15) is 42.3 Å². The molecule has 0 amide bonds. The summed E-state index contributed by atoms with van der Waals surface area (Å²) in [6.45, 7) is 4.62. The van der Waals surface area contributed by atoms with Gasteiger partial charge < -0.3 is 8.97 Å². The molecule has 7 heteroatoms. The monoisotopic (exact) mass is 744 g/mol. The Labute approximate surface area is 300 Å². The van der Waals surface area contributed by atoms with Gasteiger partial charge in [-0.3, -0.25) is 4.98 Å². The Morgan fingerprint density at radius 1 is 0.694 bits per heavy atom. The van der Waals surface area contributed by atoms with Crippen LogP contribution in [0.2, 0.25) is 0 Å². The van der Waals surface area contributed by atoms with Crippen LogP contribution in [-0.2, 0) is 25.8 Å². The molecule has 1 unspecified atom stereocenters. The van der Waals surface area contributed by atoms with E-state index in [1.54, 1.807) is 12.3 Å². The molecule has 1 aliphatic heterocycles. The fourth-order valence-electron chi connectivity index (χ4n) is 7.76. The Morgan fingerprint density at radius 2 is 1.49 bits per heavy atom. The molecule has 0 radical (unpaired) electrons. The van der Waals surface area contributed by atoms with Crippen molar-refractivity contribution in [3.8, 4) is 5.69 Å². The third-order valence-electron chi connectivity index (χ3n) is 9.93. The third-order valence-corrected chi connectivity index (χ3v) is 11.1. The first-order valence-electron chi connectivity index (χ1n) is 16.1. The number of nitrogens with zero attached hydrogens (tertiary/aromatic N) is 4. The summed E-state index contributed by atoms with van der Waals surface area (Å²) in [6.07, 6.45) is 4.11. The molecule has 0 saturated heterocycles. The number of imidazole rings is 1. The van der Waals surface area contributed by atoms with Gasteiger partial charge in [0.1, 0.15) is 11.8 Å². The Hall–Kier alpha value is -4.80. The minimum atomic E-state index is -1.43. The largest absolute Gasteiger partial charge is 2.00 e. The van der Waals surface area contributed by atoms with E-state index in [-0.39, 0.29) is 25.8 Å². The normalized spacial score (nSPS) is 14.3. The summed E-state index contributed by atoms with van der Waals surface area (Å²) in [5.74, 6) is 0. The number of hydrogen-bond acceptors (Lipinski definition) is 3. The van der Waals surface area contributed by atoms with Crippen molar-refractivity contribution in [2.24, 2.45) is 0 Å². The van der Waals surface area contributed by atoms with Gasteiger partial charge in [0.15, 0.2) is 0 Å². The van der Waals surface area contributed by atoms with Crippen molar-refractivity contribution in [3.05, 3.63) is 156 Å². The van der Waals surface area contributed by atoms with Crippen molar-refractivity contribution in [2.75, 3.05) is 0 Å². The summed E-state index contributed by atoms with van der Waals surface area (Å²) >= 11 is 1.82. The molecule has 4 nitrogen and oxygen atoms in total. The topological polar surface area (TPSA) is 35.1 Å². The van der Waals surface area contributed by atoms with Gasteiger partial charge in [0.2, 0.25) is 0 Å². The molecule has 1 aliphatic rings. The molecule has 10 rings (SSSR count). The Morgan fingerprint density at radius 3 is 2.41 bits per heavy atom. The molecule has 0 aliphatic carbocycles. The maximum Gasteiger partial charge on any atom is 2.00 e. The van der Waals surface area contributed by atoms with E-state index in [1.807, 2.05) is 71.0 Å². The number of pyridine rings is 2. The second-order valence-corrected chi connectivity index (χ2v) is 14.0. The van der Waals surface area contributed by atoms with Crippen LogP contribution in [0.25, 0.3) is 54.9 Å². The number of benzene rings is 5. The quantitative estimate of drug-likeness (QED) is 0.103. The molecule has 5 heterocycles. The van der Waals surface area contributed by atoms with Crippen LogP contribution in [0.3, 0.4) is 0 Å². The van der Waals surface area contributed by atoms with Gasteiger partial charge in [-0.2, -0.15) is 18.2 Å². The first kappa shape index (κ1) is 30.3. The molecule has 1 atom stereocenters. The maximum absolute atomic E-state index is 16.6. The Bertz CT molecular complexity index is 2780. The molecular weight excluding hydrogens is 718 g/mol. The summed E-state index contributed by atoms with van der Waals surface area (Å²) < 4.78 is 20.8. The second-order valence-electron chi connectivity index (χ2n) is 13.0. The zero-order valence-electron chi connectivity index (χ0n) is 26.5. The first-order valence-corrected chi connectivity index (χ1v) is 16.9. The van der Waals surface area contributed by atoms with Crippen LogP contribution >= 0.6 is 11.8 Å². The van der Waals surface area contributed by atoms with Crippen LogP contribution in [-0.4, -0.2) is 18.9 Å². The standard InChI is InChI=1S/C42H27FN4S.Pd/c1-42(2)32-13-4-6-15-35(32)48-36-19-18-34-37(38(36)42)30-12-8-20-44-41(30)47(34)27-10-7-9-25(23-27)39(43)26-16-17-28-29-11-3-5-14-33(29)46-22-21-45-40(46)31(28)24-26;/h3-22,39H,1-2H3;/q-2;+2. The van der Waals surface area contributed by atoms with Gasteiger partial charge in [0.25, 0.3) is 0 Å². The van der Waals surface area contributed by atoms with Crippen LogP contribution in [0.15, 0.2) is 132 Å². The van der Waals surface area contributed by atoms with Gasteiger partial charge in [-0.1, -0.05) is 84.0 Å². The number of halogens is 1. The van der Waals surface area contributed by atoms with E-state index in [0.29, 0.717) is 11.1 Å². The van der Waals surface area contributed by atoms with Gasteiger partial charge in [-0.05, 0) is 52.9 Å². The van der Waals surface area contributed by atoms with Gasteiger partial charge in [0, 0.05) is 50.1 Å². The summed E-state index contributed by atoms with van der Waals surface area (Å²) in [7, 11) is 0. The molecule has 5 aromatic carbocycles. The predicted octanol–water partition coefficient (Wildman–Crippen LogP) is 10.6. The van der Waals surface area contributed by atoms with Crippen molar-refractivity contribution >= 4 is 61.0 Å². The van der Waals surface area contributed by atoms with Crippen molar-refractivity contribution in [3.63, 3.8) is 0 Å². The Kier molecular flexibility index (Phi) is 6.87. The molecule has 9 aromatic rings. The van der Waals surface area contributed by atoms with E-state index < -0.39 is 6.17 Å². The summed E-state index contributed by atoms with van der Waals surface area (Å²) in [6, 6.07) is 41.8. The zero-order chi connectivity index (χ0) is 32.1. The van der Waals surface area contributed by atoms with Crippen molar-refractivity contribution in [1.82, 2.24) is 18.9 Å². The second kappa shape index (κ2) is 11.1. The van der Waals surface area contributed by atoms with Gasteiger partial charge in [-0.25, -0.2) is 9.37 Å². The van der Waals surface area contributed by atoms with Crippen LogP contribution in [0.5, 0.6) is 0 Å². The van der Waals surface area contributed by atoms with Crippen molar-refractivity contribution in [2.45, 2.75) is 35.2 Å². The fourth-order valence-corrected chi connectivity index (χ4v) is 9.18. The van der Waals surface area contributed by atoms with Gasteiger partial charge in [-0.15, -0.1) is 29.8 Å². The summed E-state index contributed by atoms with van der Waals surface area (Å²) in [5.41, 5.74) is 7.71. The van der Waals surface area contributed by atoms with Crippen LogP contribution < -0.4 is 0 Å². The minimum absolute atomic E-state index is 0. The zero-order valence-corrected chi connectivity index (χ0v) is 28.9.